The van der Waals surface area contributed by atoms with Gasteiger partial charge in [-0.2, -0.15) is 0 Å². The molecule has 1 atom stereocenters. The summed E-state index contributed by atoms with van der Waals surface area (Å²) >= 11 is 0. The summed E-state index contributed by atoms with van der Waals surface area (Å²) in [5, 5.41) is 3.19. The molecule has 1 fully saturated rings. The number of primary amides is 1. The summed E-state index contributed by atoms with van der Waals surface area (Å²) in [7, 11) is 0. The Kier molecular flexibility index (Phi) is 5.57. The molecule has 3 N–H and O–H groups in total. The molecule has 21 heavy (non-hydrogen) atoms. The minimum Gasteiger partial charge on any atom is -0.493 e. The first-order valence-electron chi connectivity index (χ1n) is 7.13. The largest absolute Gasteiger partial charge is 0.493 e. The van der Waals surface area contributed by atoms with Crippen LogP contribution >= 0.6 is 0 Å². The zero-order valence-corrected chi connectivity index (χ0v) is 12.0. The molecule has 0 saturated carbocycles. The quantitative estimate of drug-likeness (QED) is 0.748. The summed E-state index contributed by atoms with van der Waals surface area (Å²) in [4.78, 5) is 25.0. The Bertz CT molecular complexity index is 472. The highest BCUT2D eigenvalue weighted by molar-refractivity contribution is 5.84. The van der Waals surface area contributed by atoms with Crippen LogP contribution in [0.15, 0.2) is 30.3 Å². The Morgan fingerprint density at radius 3 is 2.71 bits per heavy atom. The lowest BCUT2D eigenvalue weighted by atomic mass is 10.2. The number of amides is 2. The van der Waals surface area contributed by atoms with Gasteiger partial charge in [0.1, 0.15) is 5.75 Å². The maximum absolute atomic E-state index is 12.3. The number of nitrogens with one attached hydrogen (secondary N) is 1. The molecule has 0 bridgehead atoms. The van der Waals surface area contributed by atoms with Crippen molar-refractivity contribution in [3.05, 3.63) is 30.3 Å². The lowest BCUT2D eigenvalue weighted by Gasteiger charge is -2.27. The third kappa shape index (κ3) is 4.75. The standard InChI is InChI=1S/C15H21N3O3/c16-14(19)11-18(12-6-8-17-10-12)15(20)7-9-21-13-4-2-1-3-5-13/h1-5,12,17H,6-11H2,(H2,16,19). The second-order valence-electron chi connectivity index (χ2n) is 5.05. The average molecular weight is 291 g/mol. The first-order chi connectivity index (χ1) is 10.2. The Hall–Kier alpha value is -2.08. The molecule has 114 valence electrons. The van der Waals surface area contributed by atoms with Crippen LogP contribution in [0.1, 0.15) is 12.8 Å². The van der Waals surface area contributed by atoms with Gasteiger partial charge < -0.3 is 20.7 Å². The van der Waals surface area contributed by atoms with Crippen LogP contribution in [-0.2, 0) is 9.59 Å². The number of ether oxygens (including phenoxy) is 1. The number of para-hydroxylation sites is 1. The van der Waals surface area contributed by atoms with Gasteiger partial charge in [0.2, 0.25) is 11.8 Å². The van der Waals surface area contributed by atoms with E-state index >= 15 is 0 Å². The maximum atomic E-state index is 12.3. The molecule has 0 aliphatic carbocycles. The number of benzene rings is 1. The Morgan fingerprint density at radius 2 is 2.10 bits per heavy atom. The summed E-state index contributed by atoms with van der Waals surface area (Å²) < 4.78 is 5.52. The smallest absolute Gasteiger partial charge is 0.237 e. The van der Waals surface area contributed by atoms with Gasteiger partial charge in [-0.25, -0.2) is 0 Å². The zero-order chi connectivity index (χ0) is 15.1. The molecular weight excluding hydrogens is 270 g/mol. The van der Waals surface area contributed by atoms with Crippen LogP contribution in [0.5, 0.6) is 5.75 Å². The van der Waals surface area contributed by atoms with E-state index in [9.17, 15) is 9.59 Å². The fraction of sp³-hybridized carbons (Fsp3) is 0.467. The second-order valence-corrected chi connectivity index (χ2v) is 5.05. The Morgan fingerprint density at radius 1 is 1.33 bits per heavy atom. The van der Waals surface area contributed by atoms with E-state index in [2.05, 4.69) is 5.32 Å². The monoisotopic (exact) mass is 291 g/mol. The molecule has 2 rings (SSSR count). The zero-order valence-electron chi connectivity index (χ0n) is 12.0. The number of hydrogen-bond acceptors (Lipinski definition) is 4. The van der Waals surface area contributed by atoms with E-state index in [-0.39, 0.29) is 31.5 Å². The molecule has 1 aliphatic rings. The van der Waals surface area contributed by atoms with Gasteiger partial charge in [-0.3, -0.25) is 9.59 Å². The summed E-state index contributed by atoms with van der Waals surface area (Å²) in [5.41, 5.74) is 5.23. The number of carbonyl (C=O) groups excluding carboxylic acids is 2. The van der Waals surface area contributed by atoms with Crippen molar-refractivity contribution in [2.75, 3.05) is 26.2 Å². The summed E-state index contributed by atoms with van der Waals surface area (Å²) in [5.74, 6) is 0.145. The highest BCUT2D eigenvalue weighted by Gasteiger charge is 2.27. The topological polar surface area (TPSA) is 84.7 Å². The molecule has 1 aromatic carbocycles. The van der Waals surface area contributed by atoms with Gasteiger partial charge in [0.05, 0.1) is 19.6 Å². The van der Waals surface area contributed by atoms with Crippen LogP contribution in [0, 0.1) is 0 Å². The molecule has 2 amide bonds. The van der Waals surface area contributed by atoms with E-state index in [1.54, 1.807) is 4.90 Å². The van der Waals surface area contributed by atoms with Gasteiger partial charge in [0.15, 0.2) is 0 Å². The number of nitrogens with zero attached hydrogens (tertiary/aromatic N) is 1. The first-order valence-corrected chi connectivity index (χ1v) is 7.13. The van der Waals surface area contributed by atoms with Crippen LogP contribution in [0.3, 0.4) is 0 Å². The SMILES string of the molecule is NC(=O)CN(C(=O)CCOc1ccccc1)C1CCNC1. The molecule has 1 saturated heterocycles. The van der Waals surface area contributed by atoms with Crippen LogP contribution in [0.25, 0.3) is 0 Å². The van der Waals surface area contributed by atoms with Crippen LogP contribution in [0.4, 0.5) is 0 Å². The predicted octanol–water partition coefficient (Wildman–Crippen LogP) is 0.131. The third-order valence-electron chi connectivity index (χ3n) is 3.45. The van der Waals surface area contributed by atoms with Crippen LogP contribution in [-0.4, -0.2) is 49.0 Å². The van der Waals surface area contributed by atoms with Gasteiger partial charge >= 0.3 is 0 Å². The van der Waals surface area contributed by atoms with Gasteiger partial charge in [0.25, 0.3) is 0 Å². The van der Waals surface area contributed by atoms with Crippen molar-refractivity contribution in [1.82, 2.24) is 10.2 Å². The third-order valence-corrected chi connectivity index (χ3v) is 3.45. The first kappa shape index (κ1) is 15.3. The molecule has 1 heterocycles. The second kappa shape index (κ2) is 7.64. The number of nitrogens with two attached hydrogens (primary N) is 1. The maximum Gasteiger partial charge on any atom is 0.237 e. The minimum atomic E-state index is -0.487. The van der Waals surface area contributed by atoms with Crippen molar-refractivity contribution in [2.45, 2.75) is 18.9 Å². The van der Waals surface area contributed by atoms with E-state index in [1.807, 2.05) is 30.3 Å². The van der Waals surface area contributed by atoms with E-state index in [1.165, 1.54) is 0 Å². The van der Waals surface area contributed by atoms with Gasteiger partial charge in [-0.1, -0.05) is 18.2 Å². The lowest BCUT2D eigenvalue weighted by Crippen LogP contribution is -2.46. The number of hydrogen-bond donors (Lipinski definition) is 2. The van der Waals surface area contributed by atoms with Crippen molar-refractivity contribution in [3.63, 3.8) is 0 Å². The Balaban J connectivity index is 1.84. The van der Waals surface area contributed by atoms with Crippen molar-refractivity contribution in [1.29, 1.82) is 0 Å². The fourth-order valence-corrected chi connectivity index (χ4v) is 2.41. The normalized spacial score (nSPS) is 17.4. The van der Waals surface area contributed by atoms with Gasteiger partial charge in [-0.05, 0) is 25.1 Å². The molecule has 0 spiro atoms. The minimum absolute atomic E-state index is 0.0312. The average Bonchev–Trinajstić information content (AvgIpc) is 2.99. The van der Waals surface area contributed by atoms with E-state index < -0.39 is 5.91 Å². The number of carbonyl (C=O) groups is 2. The van der Waals surface area contributed by atoms with Crippen molar-refractivity contribution < 1.29 is 14.3 Å². The van der Waals surface area contributed by atoms with Crippen LogP contribution < -0.4 is 15.8 Å². The highest BCUT2D eigenvalue weighted by Crippen LogP contribution is 2.12. The molecule has 1 unspecified atom stereocenters. The highest BCUT2D eigenvalue weighted by atomic mass is 16.5. The molecule has 6 nitrogen and oxygen atoms in total. The summed E-state index contributed by atoms with van der Waals surface area (Å²) in [6.07, 6.45) is 1.08. The Labute approximate surface area is 124 Å². The molecular formula is C15H21N3O3. The lowest BCUT2D eigenvalue weighted by molar-refractivity contribution is -0.137. The number of rotatable bonds is 7. The van der Waals surface area contributed by atoms with Gasteiger partial charge in [0, 0.05) is 12.6 Å². The summed E-state index contributed by atoms with van der Waals surface area (Å²) in [6.45, 7) is 1.82. The summed E-state index contributed by atoms with van der Waals surface area (Å²) in [6, 6.07) is 9.38. The fourth-order valence-electron chi connectivity index (χ4n) is 2.41. The van der Waals surface area contributed by atoms with E-state index in [0.717, 1.165) is 18.7 Å². The van der Waals surface area contributed by atoms with Gasteiger partial charge in [-0.15, -0.1) is 0 Å². The molecule has 0 aromatic heterocycles. The molecule has 0 radical (unpaired) electrons. The van der Waals surface area contributed by atoms with E-state index in [4.69, 9.17) is 10.5 Å². The van der Waals surface area contributed by atoms with Crippen LogP contribution in [0.2, 0.25) is 0 Å². The molecule has 1 aliphatic heterocycles. The van der Waals surface area contributed by atoms with Crippen molar-refractivity contribution >= 4 is 11.8 Å². The van der Waals surface area contributed by atoms with Crippen molar-refractivity contribution in [2.24, 2.45) is 5.73 Å². The molecule has 6 heteroatoms. The van der Waals surface area contributed by atoms with Crippen molar-refractivity contribution in [3.8, 4) is 5.75 Å². The van der Waals surface area contributed by atoms with E-state index in [0.29, 0.717) is 6.54 Å². The predicted molar refractivity (Wildman–Crippen MR) is 78.7 cm³/mol. The molecule has 1 aromatic rings.